The number of rotatable bonds is 5. The summed E-state index contributed by atoms with van der Waals surface area (Å²) in [4.78, 5) is 0. The molecule has 0 radical (unpaired) electrons. The first-order valence-electron chi connectivity index (χ1n) is 8.26. The molecule has 0 amide bonds. The molecule has 1 aromatic rings. The molecule has 0 bridgehead atoms. The highest BCUT2D eigenvalue weighted by molar-refractivity contribution is 5.49. The molecule has 3 rings (SSSR count). The summed E-state index contributed by atoms with van der Waals surface area (Å²) >= 11 is 0. The zero-order chi connectivity index (χ0) is 15.7. The Morgan fingerprint density at radius 3 is 3.00 bits per heavy atom. The average molecular weight is 305 g/mol. The van der Waals surface area contributed by atoms with Crippen LogP contribution in [0.3, 0.4) is 0 Å². The summed E-state index contributed by atoms with van der Waals surface area (Å²) in [6.45, 7) is 5.27. The van der Waals surface area contributed by atoms with Crippen molar-refractivity contribution in [2.45, 2.75) is 58.2 Å². The molecular formula is C18H27NO3. The number of hydrogen-bond donors (Lipinski definition) is 2. The molecule has 0 saturated heterocycles. The minimum absolute atomic E-state index is 0.00378. The highest BCUT2D eigenvalue weighted by atomic mass is 16.5. The van der Waals surface area contributed by atoms with Gasteiger partial charge in [-0.1, -0.05) is 13.3 Å². The van der Waals surface area contributed by atoms with Crippen LogP contribution in [0.25, 0.3) is 0 Å². The molecule has 3 atom stereocenters. The molecule has 0 spiro atoms. The van der Waals surface area contributed by atoms with Gasteiger partial charge in [0.25, 0.3) is 0 Å². The Bertz CT molecular complexity index is 545. The lowest BCUT2D eigenvalue weighted by atomic mass is 9.85. The molecule has 2 aliphatic rings. The molecule has 4 nitrogen and oxygen atoms in total. The Morgan fingerprint density at radius 2 is 2.27 bits per heavy atom. The predicted molar refractivity (Wildman–Crippen MR) is 86.5 cm³/mol. The third-order valence-electron chi connectivity index (χ3n) is 5.26. The van der Waals surface area contributed by atoms with E-state index < -0.39 is 0 Å². The number of aliphatic hydroxyl groups excluding tert-OH is 1. The van der Waals surface area contributed by atoms with Crippen molar-refractivity contribution in [3.8, 4) is 11.5 Å². The lowest BCUT2D eigenvalue weighted by molar-refractivity contribution is 0.118. The fraction of sp³-hybridized carbons (Fsp3) is 0.667. The van der Waals surface area contributed by atoms with Crippen LogP contribution >= 0.6 is 0 Å². The Kier molecular flexibility index (Phi) is 4.33. The van der Waals surface area contributed by atoms with Crippen LogP contribution in [0.4, 0.5) is 0 Å². The quantitative estimate of drug-likeness (QED) is 0.878. The van der Waals surface area contributed by atoms with Crippen LogP contribution in [0.5, 0.6) is 11.5 Å². The predicted octanol–water partition coefficient (Wildman–Crippen LogP) is 2.66. The molecule has 1 fully saturated rings. The normalized spacial score (nSPS) is 30.2. The van der Waals surface area contributed by atoms with Crippen molar-refractivity contribution in [3.05, 3.63) is 23.3 Å². The molecule has 1 heterocycles. The maximum Gasteiger partial charge on any atom is 0.127 e. The van der Waals surface area contributed by atoms with Crippen molar-refractivity contribution in [1.29, 1.82) is 0 Å². The van der Waals surface area contributed by atoms with Crippen LogP contribution in [0.1, 0.15) is 44.2 Å². The van der Waals surface area contributed by atoms with Gasteiger partial charge in [0.15, 0.2) is 0 Å². The van der Waals surface area contributed by atoms with E-state index >= 15 is 0 Å². The van der Waals surface area contributed by atoms with E-state index in [4.69, 9.17) is 9.47 Å². The van der Waals surface area contributed by atoms with Crippen LogP contribution < -0.4 is 14.8 Å². The molecule has 3 unspecified atom stereocenters. The van der Waals surface area contributed by atoms with Crippen molar-refractivity contribution in [1.82, 2.24) is 5.32 Å². The molecule has 1 aliphatic carbocycles. The molecule has 1 saturated carbocycles. The zero-order valence-electron chi connectivity index (χ0n) is 13.8. The Labute approximate surface area is 132 Å². The number of fused-ring (bicyclic) bond motifs is 1. The molecule has 4 heteroatoms. The van der Waals surface area contributed by atoms with Crippen molar-refractivity contribution >= 4 is 0 Å². The molecule has 0 aromatic heterocycles. The monoisotopic (exact) mass is 305 g/mol. The highest BCUT2D eigenvalue weighted by Crippen LogP contribution is 2.39. The fourth-order valence-electron chi connectivity index (χ4n) is 3.83. The van der Waals surface area contributed by atoms with Crippen molar-refractivity contribution in [3.63, 3.8) is 0 Å². The first kappa shape index (κ1) is 15.6. The van der Waals surface area contributed by atoms with E-state index in [1.165, 1.54) is 12.0 Å². The second-order valence-corrected chi connectivity index (χ2v) is 7.05. The maximum absolute atomic E-state index is 9.68. The summed E-state index contributed by atoms with van der Waals surface area (Å²) in [5.41, 5.74) is 2.39. The van der Waals surface area contributed by atoms with Gasteiger partial charge < -0.3 is 19.9 Å². The molecule has 122 valence electrons. The molecule has 22 heavy (non-hydrogen) atoms. The van der Waals surface area contributed by atoms with Crippen molar-refractivity contribution in [2.75, 3.05) is 13.7 Å². The fourth-order valence-corrected chi connectivity index (χ4v) is 3.83. The van der Waals surface area contributed by atoms with Crippen LogP contribution in [0.15, 0.2) is 12.1 Å². The van der Waals surface area contributed by atoms with Gasteiger partial charge in [0.05, 0.1) is 7.11 Å². The summed E-state index contributed by atoms with van der Waals surface area (Å²) < 4.78 is 11.4. The van der Waals surface area contributed by atoms with Gasteiger partial charge in [0.1, 0.15) is 17.6 Å². The Balaban J connectivity index is 1.77. The SMILES string of the molecule is COc1cc(CNC2CCCC2(C)CO)c2c(c1)CC(C)O2. The first-order chi connectivity index (χ1) is 10.6. The van der Waals surface area contributed by atoms with Crippen molar-refractivity contribution in [2.24, 2.45) is 5.41 Å². The van der Waals surface area contributed by atoms with E-state index in [1.54, 1.807) is 7.11 Å². The van der Waals surface area contributed by atoms with Gasteiger partial charge in [-0.2, -0.15) is 0 Å². The summed E-state index contributed by atoms with van der Waals surface area (Å²) in [6, 6.07) is 4.50. The van der Waals surface area contributed by atoms with E-state index in [2.05, 4.69) is 31.3 Å². The highest BCUT2D eigenvalue weighted by Gasteiger charge is 2.38. The minimum Gasteiger partial charge on any atom is -0.497 e. The van der Waals surface area contributed by atoms with Crippen LogP contribution in [0.2, 0.25) is 0 Å². The second kappa shape index (κ2) is 6.09. The lowest BCUT2D eigenvalue weighted by Gasteiger charge is -2.30. The zero-order valence-corrected chi connectivity index (χ0v) is 13.8. The van der Waals surface area contributed by atoms with E-state index in [-0.39, 0.29) is 18.1 Å². The van der Waals surface area contributed by atoms with Gasteiger partial charge in [-0.05, 0) is 31.9 Å². The first-order valence-corrected chi connectivity index (χ1v) is 8.26. The average Bonchev–Trinajstić information content (AvgIpc) is 3.07. The smallest absolute Gasteiger partial charge is 0.127 e. The molecule has 1 aromatic carbocycles. The van der Waals surface area contributed by atoms with Crippen LogP contribution in [0, 0.1) is 5.41 Å². The largest absolute Gasteiger partial charge is 0.497 e. The third kappa shape index (κ3) is 2.82. The number of aliphatic hydroxyl groups is 1. The van der Waals surface area contributed by atoms with E-state index in [0.717, 1.165) is 42.9 Å². The number of nitrogens with one attached hydrogen (secondary N) is 1. The topological polar surface area (TPSA) is 50.7 Å². The second-order valence-electron chi connectivity index (χ2n) is 7.05. The van der Waals surface area contributed by atoms with Gasteiger partial charge in [-0.25, -0.2) is 0 Å². The number of ether oxygens (including phenoxy) is 2. The third-order valence-corrected chi connectivity index (χ3v) is 5.26. The Morgan fingerprint density at radius 1 is 1.45 bits per heavy atom. The Hall–Kier alpha value is -1.26. The van der Waals surface area contributed by atoms with E-state index in [9.17, 15) is 5.11 Å². The molecule has 2 N–H and O–H groups in total. The molecule has 1 aliphatic heterocycles. The van der Waals surface area contributed by atoms with E-state index in [0.29, 0.717) is 6.04 Å². The van der Waals surface area contributed by atoms with Gasteiger partial charge in [0.2, 0.25) is 0 Å². The van der Waals surface area contributed by atoms with Gasteiger partial charge in [-0.3, -0.25) is 0 Å². The minimum atomic E-state index is -0.00378. The molecular weight excluding hydrogens is 278 g/mol. The number of benzene rings is 1. The van der Waals surface area contributed by atoms with Crippen LogP contribution in [-0.4, -0.2) is 31.0 Å². The standard InChI is InChI=1S/C18H27NO3/c1-12-7-13-8-15(21-3)9-14(17(13)22-12)10-19-16-5-4-6-18(16,2)11-20/h8-9,12,16,19-20H,4-7,10-11H2,1-3H3. The van der Waals surface area contributed by atoms with Gasteiger partial charge in [-0.15, -0.1) is 0 Å². The maximum atomic E-state index is 9.68. The summed E-state index contributed by atoms with van der Waals surface area (Å²) in [5.74, 6) is 1.91. The van der Waals surface area contributed by atoms with E-state index in [1.807, 2.05) is 0 Å². The van der Waals surface area contributed by atoms with Gasteiger partial charge >= 0.3 is 0 Å². The van der Waals surface area contributed by atoms with Gasteiger partial charge in [0, 0.05) is 42.2 Å². The lowest BCUT2D eigenvalue weighted by Crippen LogP contribution is -2.41. The summed E-state index contributed by atoms with van der Waals surface area (Å²) in [5, 5.41) is 13.3. The summed E-state index contributed by atoms with van der Waals surface area (Å²) in [6.07, 6.45) is 4.57. The van der Waals surface area contributed by atoms with Crippen molar-refractivity contribution < 1.29 is 14.6 Å². The van der Waals surface area contributed by atoms with Crippen LogP contribution in [-0.2, 0) is 13.0 Å². The number of hydrogen-bond acceptors (Lipinski definition) is 4. The summed E-state index contributed by atoms with van der Waals surface area (Å²) in [7, 11) is 1.71. The number of methoxy groups -OCH3 is 1.